The number of hydrogen-bond donors (Lipinski definition) is 5. The molecule has 92 valence electrons. The molecule has 0 aromatic carbocycles. The van der Waals surface area contributed by atoms with Crippen molar-refractivity contribution in [3.8, 4) is 0 Å². The third-order valence-electron chi connectivity index (χ3n) is 2.01. The first-order chi connectivity index (χ1) is 7.57. The molecule has 0 aromatic heterocycles. The average molecular weight is 235 g/mol. The zero-order valence-electron chi connectivity index (χ0n) is 8.16. The zero-order chi connectivity index (χ0) is 12.7. The molecule has 1 rings (SSSR count). The van der Waals surface area contributed by atoms with Gasteiger partial charge >= 0.3 is 0 Å². The lowest BCUT2D eigenvalue weighted by atomic mass is 9.99. The van der Waals surface area contributed by atoms with Gasteiger partial charge in [0, 0.05) is 4.91 Å². The van der Waals surface area contributed by atoms with E-state index in [9.17, 15) is 10.2 Å². The van der Waals surface area contributed by atoms with Crippen molar-refractivity contribution in [2.75, 3.05) is 6.54 Å². The molecule has 1 aliphatic rings. The van der Waals surface area contributed by atoms with Crippen LogP contribution in [-0.4, -0.2) is 57.7 Å². The number of nitrogens with two attached hydrogens (primary N) is 1. The molecule has 0 radical (unpaired) electrons. The van der Waals surface area contributed by atoms with Crippen LogP contribution in [0.5, 0.6) is 0 Å². The SMILES string of the molecule is [N-]=[N+]=NCC1O[C@@H](O)C(O)[C@@H](O)[C@@H]1O.[N-]=[NH2+]. The number of ether oxygens (including phenoxy) is 1. The highest BCUT2D eigenvalue weighted by atomic mass is 16.6. The van der Waals surface area contributed by atoms with Crippen molar-refractivity contribution in [3.63, 3.8) is 0 Å². The molecule has 0 bridgehead atoms. The summed E-state index contributed by atoms with van der Waals surface area (Å²) in [6.07, 6.45) is -7.07. The second-order valence-corrected chi connectivity index (χ2v) is 2.95. The Morgan fingerprint density at radius 3 is 2.19 bits per heavy atom. The van der Waals surface area contributed by atoms with E-state index < -0.39 is 30.7 Å². The molecule has 0 spiro atoms. The second kappa shape index (κ2) is 7.06. The minimum absolute atomic E-state index is 0.224. The Labute approximate surface area is 90.0 Å². The highest BCUT2D eigenvalue weighted by Gasteiger charge is 2.42. The van der Waals surface area contributed by atoms with Crippen molar-refractivity contribution in [1.82, 2.24) is 0 Å². The molecule has 0 aromatic rings. The summed E-state index contributed by atoms with van der Waals surface area (Å²) in [6.45, 7) is -0.224. The van der Waals surface area contributed by atoms with E-state index in [1.54, 1.807) is 0 Å². The van der Waals surface area contributed by atoms with E-state index in [4.69, 9.17) is 26.0 Å². The summed E-state index contributed by atoms with van der Waals surface area (Å²) >= 11 is 0. The summed E-state index contributed by atoms with van der Waals surface area (Å²) in [5, 5.41) is 39.8. The maximum absolute atomic E-state index is 9.32. The number of azide groups is 1. The van der Waals surface area contributed by atoms with E-state index >= 15 is 0 Å². The number of nitrogens with zero attached hydrogens (tertiary/aromatic N) is 4. The third-order valence-corrected chi connectivity index (χ3v) is 2.01. The molecule has 6 N–H and O–H groups in total. The predicted molar refractivity (Wildman–Crippen MR) is 48.2 cm³/mol. The topological polar surface area (TPSA) is 187 Å². The fourth-order valence-electron chi connectivity index (χ4n) is 1.20. The average Bonchev–Trinajstić information content (AvgIpc) is 2.32. The fourth-order valence-corrected chi connectivity index (χ4v) is 1.20. The van der Waals surface area contributed by atoms with Crippen molar-refractivity contribution < 1.29 is 30.7 Å². The Morgan fingerprint density at radius 2 is 1.69 bits per heavy atom. The maximum Gasteiger partial charge on any atom is 0.183 e. The van der Waals surface area contributed by atoms with Gasteiger partial charge in [-0.2, -0.15) is 0 Å². The van der Waals surface area contributed by atoms with Crippen molar-refractivity contribution >= 4 is 0 Å². The number of aliphatic hydroxyl groups excluding tert-OH is 4. The molecule has 0 amide bonds. The van der Waals surface area contributed by atoms with Crippen LogP contribution >= 0.6 is 0 Å². The summed E-state index contributed by atoms with van der Waals surface area (Å²) < 4.78 is 4.71. The highest BCUT2D eigenvalue weighted by Crippen LogP contribution is 2.19. The van der Waals surface area contributed by atoms with Crippen LogP contribution in [0.3, 0.4) is 0 Å². The van der Waals surface area contributed by atoms with Crippen LogP contribution in [0.15, 0.2) is 5.11 Å². The van der Waals surface area contributed by atoms with Gasteiger partial charge in [-0.1, -0.05) is 5.11 Å². The van der Waals surface area contributed by atoms with Crippen LogP contribution in [0, 0.1) is 0 Å². The molecule has 0 aliphatic carbocycles. The lowest BCUT2D eigenvalue weighted by molar-refractivity contribution is -0.279. The van der Waals surface area contributed by atoms with Gasteiger partial charge in [-0.25, -0.2) is 0 Å². The van der Waals surface area contributed by atoms with Gasteiger partial charge in [0.1, 0.15) is 18.3 Å². The third kappa shape index (κ3) is 3.38. The molecule has 2 unspecified atom stereocenters. The maximum atomic E-state index is 9.32. The molecule has 1 aliphatic heterocycles. The molecule has 1 heterocycles. The molecule has 0 saturated carbocycles. The van der Waals surface area contributed by atoms with Gasteiger partial charge in [0.2, 0.25) is 0 Å². The van der Waals surface area contributed by atoms with Gasteiger partial charge in [0.25, 0.3) is 0 Å². The Hall–Kier alpha value is -1.29. The summed E-state index contributed by atoms with van der Waals surface area (Å²) in [6, 6.07) is 0. The van der Waals surface area contributed by atoms with Crippen LogP contribution in [-0.2, 0) is 4.74 Å². The van der Waals surface area contributed by atoms with E-state index in [0.717, 1.165) is 0 Å². The van der Waals surface area contributed by atoms with Gasteiger partial charge in [0.05, 0.1) is 12.6 Å². The molecular weight excluding hydrogens is 222 g/mol. The standard InChI is InChI=1S/C6H11N3O5.H2N2/c7-9-8-1-2-3(10)4(11)5(12)6(13)14-2;1-2/h2-6,10-13H,1H2;1H2/t2?,3-,4+,5?,6-;/m1./s1. The second-order valence-electron chi connectivity index (χ2n) is 2.95. The van der Waals surface area contributed by atoms with Crippen molar-refractivity contribution in [2.45, 2.75) is 30.7 Å². The first-order valence-corrected chi connectivity index (χ1v) is 4.22. The monoisotopic (exact) mass is 235 g/mol. The first-order valence-electron chi connectivity index (χ1n) is 4.22. The van der Waals surface area contributed by atoms with Crippen LogP contribution < -0.4 is 5.53 Å². The Morgan fingerprint density at radius 1 is 1.12 bits per heavy atom. The summed E-state index contributed by atoms with van der Waals surface area (Å²) in [4.78, 5) is 2.44. The van der Waals surface area contributed by atoms with E-state index in [1.807, 2.05) is 0 Å². The van der Waals surface area contributed by atoms with Crippen LogP contribution in [0.25, 0.3) is 16.0 Å². The van der Waals surface area contributed by atoms with Crippen LogP contribution in [0.1, 0.15) is 0 Å². The van der Waals surface area contributed by atoms with Crippen LogP contribution in [0.2, 0.25) is 0 Å². The number of rotatable bonds is 2. The van der Waals surface area contributed by atoms with Gasteiger partial charge in [-0.05, 0) is 5.53 Å². The van der Waals surface area contributed by atoms with Crippen LogP contribution in [0.4, 0.5) is 0 Å². The Bertz CT molecular complexity index is 260. The lowest BCUT2D eigenvalue weighted by Gasteiger charge is -2.37. The molecule has 1 saturated heterocycles. The van der Waals surface area contributed by atoms with Gasteiger partial charge in [0.15, 0.2) is 6.29 Å². The van der Waals surface area contributed by atoms with E-state index in [2.05, 4.69) is 15.6 Å². The zero-order valence-corrected chi connectivity index (χ0v) is 8.16. The Kier molecular flexibility index (Phi) is 6.49. The number of aliphatic hydroxyl groups is 4. The molecule has 10 nitrogen and oxygen atoms in total. The molecule has 10 heteroatoms. The van der Waals surface area contributed by atoms with Crippen molar-refractivity contribution in [3.05, 3.63) is 16.0 Å². The van der Waals surface area contributed by atoms with E-state index in [1.165, 1.54) is 0 Å². The smallest absolute Gasteiger partial charge is 0.183 e. The summed E-state index contributed by atoms with van der Waals surface area (Å²) in [7, 11) is 0. The van der Waals surface area contributed by atoms with Gasteiger partial charge < -0.3 is 36.2 Å². The minimum Gasteiger partial charge on any atom is -0.510 e. The normalized spacial score (nSPS) is 37.9. The summed E-state index contributed by atoms with van der Waals surface area (Å²) in [5.74, 6) is 0. The first kappa shape index (κ1) is 14.7. The van der Waals surface area contributed by atoms with Gasteiger partial charge in [-0.15, -0.1) is 0 Å². The molecule has 1 fully saturated rings. The largest absolute Gasteiger partial charge is 0.510 e. The minimum atomic E-state index is -1.59. The van der Waals surface area contributed by atoms with Crippen molar-refractivity contribution in [2.24, 2.45) is 5.11 Å². The molecule has 16 heavy (non-hydrogen) atoms. The quantitative estimate of drug-likeness (QED) is 0.192. The van der Waals surface area contributed by atoms with Gasteiger partial charge in [-0.3, -0.25) is 0 Å². The molecule has 5 atom stereocenters. The molecular formula is C6H13N5O5. The fraction of sp³-hybridized carbons (Fsp3) is 1.00. The predicted octanol–water partition coefficient (Wildman–Crippen LogP) is -3.14. The summed E-state index contributed by atoms with van der Waals surface area (Å²) in [5.41, 5.74) is 18.0. The number of hydrogen-bond acceptors (Lipinski definition) is 6. The van der Waals surface area contributed by atoms with E-state index in [-0.39, 0.29) is 6.54 Å². The van der Waals surface area contributed by atoms with Crippen molar-refractivity contribution in [1.29, 1.82) is 0 Å². The van der Waals surface area contributed by atoms with E-state index in [0.29, 0.717) is 0 Å². The lowest BCUT2D eigenvalue weighted by Crippen LogP contribution is -2.58. The Balaban J connectivity index is 0.00000106. The highest BCUT2D eigenvalue weighted by molar-refractivity contribution is 4.89.